The van der Waals surface area contributed by atoms with E-state index in [0.29, 0.717) is 5.56 Å². The van der Waals surface area contributed by atoms with Gasteiger partial charge in [-0.25, -0.2) is 4.79 Å². The van der Waals surface area contributed by atoms with Gasteiger partial charge >= 0.3 is 6.09 Å². The van der Waals surface area contributed by atoms with Gasteiger partial charge in [-0.15, -0.1) is 0 Å². The fourth-order valence-corrected chi connectivity index (χ4v) is 4.08. The van der Waals surface area contributed by atoms with Gasteiger partial charge in [-0.05, 0) is 65.5 Å². The number of aryl methyl sites for hydroxylation is 2. The number of hydrogen-bond donors (Lipinski definition) is 2. The number of ether oxygens (including phenoxy) is 1. The number of rotatable bonds is 6. The van der Waals surface area contributed by atoms with E-state index in [9.17, 15) is 14.4 Å². The molecular formula is C26H37N3O4. The molecule has 7 heteroatoms. The molecule has 0 spiro atoms. The molecule has 1 aromatic rings. The molecule has 0 bridgehead atoms. The van der Waals surface area contributed by atoms with Gasteiger partial charge < -0.3 is 15.4 Å². The molecule has 1 aliphatic rings. The van der Waals surface area contributed by atoms with Crippen molar-refractivity contribution in [3.05, 3.63) is 34.9 Å². The number of carbonyl (C=O) groups is 3. The number of terminal acetylenes is 1. The zero-order valence-electron chi connectivity index (χ0n) is 20.7. The molecular weight excluding hydrogens is 418 g/mol. The number of hydrogen-bond acceptors (Lipinski definition) is 4. The minimum atomic E-state index is -1.01. The van der Waals surface area contributed by atoms with Crippen LogP contribution in [-0.4, -0.2) is 40.5 Å². The lowest BCUT2D eigenvalue weighted by Crippen LogP contribution is -2.51. The number of benzene rings is 1. The van der Waals surface area contributed by atoms with Gasteiger partial charge in [0.25, 0.3) is 5.91 Å². The van der Waals surface area contributed by atoms with E-state index in [1.54, 1.807) is 20.8 Å². The molecule has 1 saturated carbocycles. The van der Waals surface area contributed by atoms with E-state index in [0.717, 1.165) is 48.1 Å². The molecule has 0 aromatic heterocycles. The second kappa shape index (κ2) is 11.2. The third kappa shape index (κ3) is 7.52. The van der Waals surface area contributed by atoms with E-state index in [1.165, 1.54) is 6.92 Å². The summed E-state index contributed by atoms with van der Waals surface area (Å²) in [5.74, 6) is -0.878. The zero-order valence-corrected chi connectivity index (χ0v) is 20.7. The highest BCUT2D eigenvalue weighted by Crippen LogP contribution is 2.27. The maximum atomic E-state index is 13.5. The summed E-state index contributed by atoms with van der Waals surface area (Å²) in [5, 5.41) is 5.62. The van der Waals surface area contributed by atoms with E-state index in [2.05, 4.69) is 16.7 Å². The molecule has 2 rings (SSSR count). The third-order valence-electron chi connectivity index (χ3n) is 5.66. The first-order valence-electron chi connectivity index (χ1n) is 11.6. The highest BCUT2D eigenvalue weighted by molar-refractivity contribution is 5.93. The van der Waals surface area contributed by atoms with Crippen LogP contribution in [0.4, 0.5) is 4.79 Å². The van der Waals surface area contributed by atoms with E-state index < -0.39 is 29.7 Å². The summed E-state index contributed by atoms with van der Waals surface area (Å²) in [7, 11) is 0. The molecule has 0 radical (unpaired) electrons. The predicted molar refractivity (Wildman–Crippen MR) is 128 cm³/mol. The van der Waals surface area contributed by atoms with Gasteiger partial charge in [0.1, 0.15) is 17.7 Å². The quantitative estimate of drug-likeness (QED) is 0.499. The monoisotopic (exact) mass is 455 g/mol. The molecule has 1 aromatic carbocycles. The van der Waals surface area contributed by atoms with Crippen LogP contribution in [0.25, 0.3) is 0 Å². The van der Waals surface area contributed by atoms with Crippen molar-refractivity contribution in [2.45, 2.75) is 97.4 Å². The Morgan fingerprint density at radius 2 is 1.79 bits per heavy atom. The van der Waals surface area contributed by atoms with Gasteiger partial charge in [0.2, 0.25) is 5.91 Å². The summed E-state index contributed by atoms with van der Waals surface area (Å²) in [6, 6.07) is 6.15. The van der Waals surface area contributed by atoms with Gasteiger partial charge in [-0.2, -0.15) is 0 Å². The largest absolute Gasteiger partial charge is 0.444 e. The first kappa shape index (κ1) is 26.2. The summed E-state index contributed by atoms with van der Waals surface area (Å²) >= 11 is 0. The number of amides is 3. The topological polar surface area (TPSA) is 87.7 Å². The van der Waals surface area contributed by atoms with Crippen molar-refractivity contribution in [2.24, 2.45) is 0 Å². The van der Waals surface area contributed by atoms with E-state index in [-0.39, 0.29) is 11.9 Å². The molecule has 1 fully saturated rings. The average Bonchev–Trinajstić information content (AvgIpc) is 2.71. The molecule has 1 aliphatic carbocycles. The zero-order chi connectivity index (χ0) is 24.8. The standard InChI is InChI=1S/C26H37N3O4/c1-8-29(24(31)19(4)27-25(32)33-26(5,6)7)22(21-15-14-17(2)16-18(21)3)23(30)28-20-12-10-9-11-13-20/h1,14-16,19-20,22H,9-13H2,2-7H3,(H,27,32)(H,28,30). The van der Waals surface area contributed by atoms with E-state index >= 15 is 0 Å². The van der Waals surface area contributed by atoms with Crippen LogP contribution in [-0.2, 0) is 14.3 Å². The molecule has 33 heavy (non-hydrogen) atoms. The maximum absolute atomic E-state index is 13.5. The minimum absolute atomic E-state index is 0.0616. The summed E-state index contributed by atoms with van der Waals surface area (Å²) in [5.41, 5.74) is 1.85. The van der Waals surface area contributed by atoms with Crippen LogP contribution in [0.2, 0.25) is 0 Å². The lowest BCUT2D eigenvalue weighted by atomic mass is 9.93. The second-order valence-corrected chi connectivity index (χ2v) is 9.81. The van der Waals surface area contributed by atoms with E-state index in [1.807, 2.05) is 32.0 Å². The van der Waals surface area contributed by atoms with Crippen molar-refractivity contribution in [2.75, 3.05) is 0 Å². The first-order chi connectivity index (χ1) is 15.4. The maximum Gasteiger partial charge on any atom is 0.408 e. The van der Waals surface area contributed by atoms with Crippen LogP contribution in [0.15, 0.2) is 18.2 Å². The highest BCUT2D eigenvalue weighted by atomic mass is 16.6. The molecule has 7 nitrogen and oxygen atoms in total. The van der Waals surface area contributed by atoms with Crippen molar-refractivity contribution in [3.63, 3.8) is 0 Å². The van der Waals surface area contributed by atoms with Crippen LogP contribution >= 0.6 is 0 Å². The van der Waals surface area contributed by atoms with Gasteiger partial charge in [0, 0.05) is 12.1 Å². The molecule has 0 aliphatic heterocycles. The van der Waals surface area contributed by atoms with Gasteiger partial charge in [-0.1, -0.05) is 49.4 Å². The van der Waals surface area contributed by atoms with Gasteiger partial charge in [-0.3, -0.25) is 14.5 Å². The van der Waals surface area contributed by atoms with Crippen LogP contribution in [0.1, 0.15) is 82.5 Å². The Morgan fingerprint density at radius 3 is 2.33 bits per heavy atom. The lowest BCUT2D eigenvalue weighted by molar-refractivity contribution is -0.138. The fourth-order valence-electron chi connectivity index (χ4n) is 4.08. The fraction of sp³-hybridized carbons (Fsp3) is 0.577. The molecule has 2 atom stereocenters. The third-order valence-corrected chi connectivity index (χ3v) is 5.66. The Kier molecular flexibility index (Phi) is 8.92. The van der Waals surface area contributed by atoms with Crippen LogP contribution in [0, 0.1) is 26.3 Å². The van der Waals surface area contributed by atoms with Gasteiger partial charge in [0.05, 0.1) is 0 Å². The summed E-state index contributed by atoms with van der Waals surface area (Å²) < 4.78 is 5.25. The predicted octanol–water partition coefficient (Wildman–Crippen LogP) is 4.13. The molecule has 2 N–H and O–H groups in total. The van der Waals surface area contributed by atoms with Crippen molar-refractivity contribution in [1.29, 1.82) is 0 Å². The number of nitrogens with zero attached hydrogens (tertiary/aromatic N) is 1. The SMILES string of the molecule is C#CN(C(=O)C(C)NC(=O)OC(C)(C)C)C(C(=O)NC1CCCCC1)c1ccc(C)cc1C. The normalized spacial score (nSPS) is 16.2. The summed E-state index contributed by atoms with van der Waals surface area (Å²) in [6.07, 6.45) is 10.1. The Bertz CT molecular complexity index is 907. The second-order valence-electron chi connectivity index (χ2n) is 9.81. The Balaban J connectivity index is 2.32. The number of carbonyl (C=O) groups excluding carboxylic acids is 3. The summed E-state index contributed by atoms with van der Waals surface area (Å²) in [4.78, 5) is 40.0. The minimum Gasteiger partial charge on any atom is -0.444 e. The molecule has 180 valence electrons. The molecule has 0 heterocycles. The number of nitrogens with one attached hydrogen (secondary N) is 2. The van der Waals surface area contributed by atoms with Crippen molar-refractivity contribution < 1.29 is 19.1 Å². The van der Waals surface area contributed by atoms with Crippen molar-refractivity contribution in [3.8, 4) is 12.5 Å². The Labute approximate surface area is 197 Å². The smallest absolute Gasteiger partial charge is 0.408 e. The van der Waals surface area contributed by atoms with E-state index in [4.69, 9.17) is 11.2 Å². The van der Waals surface area contributed by atoms with Gasteiger partial charge in [0.15, 0.2) is 0 Å². The number of alkyl carbamates (subject to hydrolysis) is 1. The lowest BCUT2D eigenvalue weighted by Gasteiger charge is -2.32. The molecule has 2 unspecified atom stereocenters. The summed E-state index contributed by atoms with van der Waals surface area (Å²) in [6.45, 7) is 10.6. The van der Waals surface area contributed by atoms with Crippen molar-refractivity contribution >= 4 is 17.9 Å². The van der Waals surface area contributed by atoms with Crippen LogP contribution in [0.3, 0.4) is 0 Å². The molecule has 0 saturated heterocycles. The Morgan fingerprint density at radius 1 is 1.15 bits per heavy atom. The highest BCUT2D eigenvalue weighted by Gasteiger charge is 2.36. The van der Waals surface area contributed by atoms with Crippen molar-refractivity contribution in [1.82, 2.24) is 15.5 Å². The average molecular weight is 456 g/mol. The molecule has 3 amide bonds. The Hall–Kier alpha value is -3.01. The van der Waals surface area contributed by atoms with Crippen LogP contribution in [0.5, 0.6) is 0 Å². The van der Waals surface area contributed by atoms with Crippen LogP contribution < -0.4 is 10.6 Å². The first-order valence-corrected chi connectivity index (χ1v) is 11.6.